The summed E-state index contributed by atoms with van der Waals surface area (Å²) in [7, 11) is -3.28. The molecule has 1 aliphatic carbocycles. The van der Waals surface area contributed by atoms with Crippen molar-refractivity contribution in [2.75, 3.05) is 18.1 Å². The van der Waals surface area contributed by atoms with Crippen LogP contribution in [0.4, 0.5) is 10.1 Å². The van der Waals surface area contributed by atoms with Crippen LogP contribution in [0.25, 0.3) is 0 Å². The van der Waals surface area contributed by atoms with Gasteiger partial charge in [0.25, 0.3) is 0 Å². The second-order valence-electron chi connectivity index (χ2n) is 4.91. The van der Waals surface area contributed by atoms with Crippen LogP contribution in [0.15, 0.2) is 24.3 Å². The Kier molecular flexibility index (Phi) is 4.39. The molecule has 0 atom stereocenters. The minimum Gasteiger partial charge on any atom is -0.326 e. The van der Waals surface area contributed by atoms with Crippen molar-refractivity contribution in [1.29, 1.82) is 0 Å². The molecule has 5 nitrogen and oxygen atoms in total. The molecule has 0 aromatic heterocycles. The Bertz CT molecular complexity index is 599. The Labute approximate surface area is 117 Å². The van der Waals surface area contributed by atoms with Crippen molar-refractivity contribution in [2.45, 2.75) is 25.3 Å². The summed E-state index contributed by atoms with van der Waals surface area (Å²) in [5.74, 6) is -0.761. The predicted octanol–water partition coefficient (Wildman–Crippen LogP) is 1.58. The first-order valence-electron chi connectivity index (χ1n) is 6.38. The summed E-state index contributed by atoms with van der Waals surface area (Å²) in [6.07, 6.45) is 2.90. The first-order valence-corrected chi connectivity index (χ1v) is 8.23. The fourth-order valence-corrected chi connectivity index (χ4v) is 3.16. The smallest absolute Gasteiger partial charge is 0.225 e. The third kappa shape index (κ3) is 4.28. The van der Waals surface area contributed by atoms with Gasteiger partial charge in [0.15, 0.2) is 0 Å². The molecule has 0 bridgehead atoms. The van der Waals surface area contributed by atoms with E-state index in [1.807, 2.05) is 0 Å². The summed E-state index contributed by atoms with van der Waals surface area (Å²) in [4.78, 5) is 11.7. The lowest BCUT2D eigenvalue weighted by Gasteiger charge is -2.18. The number of rotatable bonds is 6. The maximum atomic E-state index is 13.0. The van der Waals surface area contributed by atoms with E-state index in [2.05, 4.69) is 5.32 Å². The van der Waals surface area contributed by atoms with Crippen LogP contribution in [0.1, 0.15) is 19.3 Å². The highest BCUT2D eigenvalue weighted by molar-refractivity contribution is 7.88. The lowest BCUT2D eigenvalue weighted by atomic mass is 10.3. The standard InChI is InChI=1S/C13H17FN2O3S/c1-20(18,19)16(12-5-6-12)8-7-13(17)15-11-4-2-3-10(14)9-11/h2-4,9,12H,5-8H2,1H3,(H,15,17). The molecule has 20 heavy (non-hydrogen) atoms. The zero-order valence-corrected chi connectivity index (χ0v) is 12.0. The molecule has 0 unspecified atom stereocenters. The SMILES string of the molecule is CS(=O)(=O)N(CCC(=O)Nc1cccc(F)c1)C1CC1. The van der Waals surface area contributed by atoms with Gasteiger partial charge in [-0.1, -0.05) is 6.07 Å². The fraction of sp³-hybridized carbons (Fsp3) is 0.462. The minimum absolute atomic E-state index is 0.0342. The van der Waals surface area contributed by atoms with Gasteiger partial charge in [0, 0.05) is 24.7 Å². The van der Waals surface area contributed by atoms with Gasteiger partial charge in [0.1, 0.15) is 5.82 Å². The molecule has 0 aliphatic heterocycles. The third-order valence-corrected chi connectivity index (χ3v) is 4.38. The fourth-order valence-electron chi connectivity index (χ4n) is 1.98. The number of sulfonamides is 1. The Balaban J connectivity index is 1.88. The summed E-state index contributed by atoms with van der Waals surface area (Å²) in [5.41, 5.74) is 0.368. The zero-order valence-electron chi connectivity index (χ0n) is 11.2. The van der Waals surface area contributed by atoms with E-state index in [9.17, 15) is 17.6 Å². The number of nitrogens with zero attached hydrogens (tertiary/aromatic N) is 1. The van der Waals surface area contributed by atoms with E-state index in [4.69, 9.17) is 0 Å². The van der Waals surface area contributed by atoms with Gasteiger partial charge in [-0.05, 0) is 31.0 Å². The summed E-state index contributed by atoms with van der Waals surface area (Å²) in [6, 6.07) is 5.61. The zero-order chi connectivity index (χ0) is 14.8. The van der Waals surface area contributed by atoms with Crippen molar-refractivity contribution in [2.24, 2.45) is 0 Å². The quantitative estimate of drug-likeness (QED) is 0.867. The molecule has 110 valence electrons. The number of nitrogens with one attached hydrogen (secondary N) is 1. The predicted molar refractivity (Wildman–Crippen MR) is 74.2 cm³/mol. The third-order valence-electron chi connectivity index (χ3n) is 3.05. The van der Waals surface area contributed by atoms with Crippen LogP contribution in [0.5, 0.6) is 0 Å². The molecule has 1 aromatic carbocycles. The number of amides is 1. The maximum absolute atomic E-state index is 13.0. The van der Waals surface area contributed by atoms with E-state index in [0.717, 1.165) is 19.1 Å². The normalized spacial score (nSPS) is 15.3. The Morgan fingerprint density at radius 3 is 2.70 bits per heavy atom. The van der Waals surface area contributed by atoms with Gasteiger partial charge in [0.05, 0.1) is 6.26 Å². The van der Waals surface area contributed by atoms with Crippen molar-refractivity contribution < 1.29 is 17.6 Å². The minimum atomic E-state index is -3.28. The molecule has 1 fully saturated rings. The number of hydrogen-bond donors (Lipinski definition) is 1. The molecule has 1 N–H and O–H groups in total. The lowest BCUT2D eigenvalue weighted by molar-refractivity contribution is -0.116. The van der Waals surface area contributed by atoms with E-state index >= 15 is 0 Å². The van der Waals surface area contributed by atoms with Gasteiger partial charge in [-0.2, -0.15) is 4.31 Å². The topological polar surface area (TPSA) is 66.5 Å². The highest BCUT2D eigenvalue weighted by Crippen LogP contribution is 2.28. The lowest BCUT2D eigenvalue weighted by Crippen LogP contribution is -2.34. The molecule has 1 aliphatic rings. The summed E-state index contributed by atoms with van der Waals surface area (Å²) in [5, 5.41) is 2.55. The Morgan fingerprint density at radius 1 is 1.45 bits per heavy atom. The van der Waals surface area contributed by atoms with E-state index in [1.165, 1.54) is 22.5 Å². The highest BCUT2D eigenvalue weighted by Gasteiger charge is 2.34. The molecule has 0 radical (unpaired) electrons. The van der Waals surface area contributed by atoms with E-state index in [1.54, 1.807) is 6.07 Å². The van der Waals surface area contributed by atoms with Crippen LogP contribution in [0.2, 0.25) is 0 Å². The van der Waals surface area contributed by atoms with Crippen LogP contribution >= 0.6 is 0 Å². The maximum Gasteiger partial charge on any atom is 0.225 e. The first-order chi connectivity index (χ1) is 9.36. The summed E-state index contributed by atoms with van der Waals surface area (Å²) in [6.45, 7) is 0.157. The van der Waals surface area contributed by atoms with Crippen molar-refractivity contribution in [3.05, 3.63) is 30.1 Å². The number of carbonyl (C=O) groups is 1. The van der Waals surface area contributed by atoms with E-state index in [-0.39, 0.29) is 24.9 Å². The Morgan fingerprint density at radius 2 is 2.15 bits per heavy atom. The van der Waals surface area contributed by atoms with Crippen LogP contribution in [0, 0.1) is 5.82 Å². The number of anilines is 1. The van der Waals surface area contributed by atoms with Crippen molar-refractivity contribution in [1.82, 2.24) is 4.31 Å². The van der Waals surface area contributed by atoms with Gasteiger partial charge in [-0.15, -0.1) is 0 Å². The van der Waals surface area contributed by atoms with Crippen LogP contribution in [-0.4, -0.2) is 37.5 Å². The summed E-state index contributed by atoms with van der Waals surface area (Å²) < 4.78 is 37.5. The molecular formula is C13H17FN2O3S. The van der Waals surface area contributed by atoms with Crippen molar-refractivity contribution >= 4 is 21.6 Å². The van der Waals surface area contributed by atoms with Crippen molar-refractivity contribution in [3.63, 3.8) is 0 Å². The van der Waals surface area contributed by atoms with Gasteiger partial charge in [0.2, 0.25) is 15.9 Å². The number of carbonyl (C=O) groups excluding carboxylic acids is 1. The number of halogens is 1. The van der Waals surface area contributed by atoms with E-state index in [0.29, 0.717) is 5.69 Å². The Hall–Kier alpha value is -1.47. The van der Waals surface area contributed by atoms with Gasteiger partial charge < -0.3 is 5.32 Å². The molecule has 7 heteroatoms. The van der Waals surface area contributed by atoms with Crippen molar-refractivity contribution in [3.8, 4) is 0 Å². The van der Waals surface area contributed by atoms with Crippen LogP contribution in [0.3, 0.4) is 0 Å². The molecular weight excluding hydrogens is 283 g/mol. The number of benzene rings is 1. The molecule has 2 rings (SSSR count). The first kappa shape index (κ1) is 14.9. The van der Waals surface area contributed by atoms with Crippen LogP contribution < -0.4 is 5.32 Å². The van der Waals surface area contributed by atoms with Gasteiger partial charge in [-0.3, -0.25) is 4.79 Å². The average Bonchev–Trinajstić information content (AvgIpc) is 3.11. The molecule has 1 aromatic rings. The number of hydrogen-bond acceptors (Lipinski definition) is 3. The van der Waals surface area contributed by atoms with E-state index < -0.39 is 15.8 Å². The molecule has 0 spiro atoms. The van der Waals surface area contributed by atoms with Gasteiger partial charge >= 0.3 is 0 Å². The highest BCUT2D eigenvalue weighted by atomic mass is 32.2. The molecule has 0 heterocycles. The molecule has 1 saturated carbocycles. The van der Waals surface area contributed by atoms with Gasteiger partial charge in [-0.25, -0.2) is 12.8 Å². The van der Waals surface area contributed by atoms with Crippen LogP contribution in [-0.2, 0) is 14.8 Å². The second-order valence-corrected chi connectivity index (χ2v) is 6.85. The second kappa shape index (κ2) is 5.88. The summed E-state index contributed by atoms with van der Waals surface area (Å²) >= 11 is 0. The monoisotopic (exact) mass is 300 g/mol. The average molecular weight is 300 g/mol. The largest absolute Gasteiger partial charge is 0.326 e. The molecule has 1 amide bonds. The molecule has 0 saturated heterocycles.